The summed E-state index contributed by atoms with van der Waals surface area (Å²) in [6, 6.07) is -0.900. The van der Waals surface area contributed by atoms with Crippen molar-refractivity contribution in [2.45, 2.75) is 116 Å². The van der Waals surface area contributed by atoms with E-state index in [1.54, 1.807) is 12.2 Å². The topological polar surface area (TPSA) is 105 Å². The largest absolute Gasteiger partial charge is 0.472 e. The molecule has 0 saturated carbocycles. The van der Waals surface area contributed by atoms with Crippen molar-refractivity contribution in [2.75, 3.05) is 40.9 Å². The monoisotopic (exact) mass is 665 g/mol. The number of allylic oxidation sites excluding steroid dienone is 10. The van der Waals surface area contributed by atoms with E-state index in [0.29, 0.717) is 17.4 Å². The molecular weight excluding hydrogens is 599 g/mol. The van der Waals surface area contributed by atoms with E-state index in [4.69, 9.17) is 9.05 Å². The van der Waals surface area contributed by atoms with Gasteiger partial charge in [-0.2, -0.15) is 0 Å². The second kappa shape index (κ2) is 29.1. The van der Waals surface area contributed by atoms with Crippen LogP contribution < -0.4 is 5.32 Å². The average molecular weight is 666 g/mol. The summed E-state index contributed by atoms with van der Waals surface area (Å²) in [4.78, 5) is 22.8. The molecule has 0 aromatic rings. The third-order valence-electron chi connectivity index (χ3n) is 6.96. The lowest BCUT2D eigenvalue weighted by molar-refractivity contribution is -0.870. The van der Waals surface area contributed by atoms with E-state index in [0.717, 1.165) is 44.9 Å². The van der Waals surface area contributed by atoms with Crippen molar-refractivity contribution in [3.63, 3.8) is 0 Å². The minimum Gasteiger partial charge on any atom is -0.387 e. The Kier molecular flexibility index (Phi) is 27.8. The molecule has 0 fully saturated rings. The van der Waals surface area contributed by atoms with Gasteiger partial charge < -0.3 is 19.8 Å². The summed E-state index contributed by atoms with van der Waals surface area (Å²) in [5, 5.41) is 13.6. The number of phosphoric acid groups is 1. The molecular formula is C37H66N2O6P+. The predicted molar refractivity (Wildman–Crippen MR) is 193 cm³/mol. The number of likely N-dealkylation sites (N-methyl/N-ethyl adjacent to an activating group) is 1. The highest BCUT2D eigenvalue weighted by molar-refractivity contribution is 7.47. The van der Waals surface area contributed by atoms with E-state index >= 15 is 0 Å². The van der Waals surface area contributed by atoms with Gasteiger partial charge >= 0.3 is 7.82 Å². The van der Waals surface area contributed by atoms with E-state index < -0.39 is 20.0 Å². The van der Waals surface area contributed by atoms with Crippen LogP contribution in [0.4, 0.5) is 0 Å². The fraction of sp³-hybridized carbons (Fsp3) is 0.649. The summed E-state index contributed by atoms with van der Waals surface area (Å²) in [6.07, 6.45) is 37.2. The lowest BCUT2D eigenvalue weighted by Gasteiger charge is -2.25. The maximum atomic E-state index is 12.7. The lowest BCUT2D eigenvalue weighted by atomic mass is 10.1. The summed E-state index contributed by atoms with van der Waals surface area (Å²) in [5.74, 6) is -0.312. The highest BCUT2D eigenvalue weighted by Gasteiger charge is 2.27. The SMILES string of the molecule is CC/C=C\C/C=C\C/C=C\C/C=C\C/C=C\CC(=O)NC(COP(=O)(O)OCC[N+](C)(C)C)C(O)/C=C/CCCCCCCCC. The summed E-state index contributed by atoms with van der Waals surface area (Å²) >= 11 is 0. The molecule has 0 spiro atoms. The number of carbonyl (C=O) groups is 1. The zero-order valence-electron chi connectivity index (χ0n) is 29.5. The molecule has 0 aromatic heterocycles. The predicted octanol–water partition coefficient (Wildman–Crippen LogP) is 8.51. The number of carbonyl (C=O) groups excluding carboxylic acids is 1. The highest BCUT2D eigenvalue weighted by Crippen LogP contribution is 2.43. The number of nitrogens with zero attached hydrogens (tertiary/aromatic N) is 1. The van der Waals surface area contributed by atoms with Crippen molar-refractivity contribution in [3.05, 3.63) is 72.9 Å². The minimum absolute atomic E-state index is 0.0409. The Labute approximate surface area is 281 Å². The van der Waals surface area contributed by atoms with Gasteiger partial charge in [-0.3, -0.25) is 13.8 Å². The summed E-state index contributed by atoms with van der Waals surface area (Å²) in [6.45, 7) is 4.54. The van der Waals surface area contributed by atoms with Gasteiger partial charge in [0.2, 0.25) is 5.91 Å². The van der Waals surface area contributed by atoms with Crippen LogP contribution in [0.25, 0.3) is 0 Å². The number of quaternary nitrogens is 1. The Morgan fingerprint density at radius 3 is 1.83 bits per heavy atom. The van der Waals surface area contributed by atoms with Crippen molar-refractivity contribution in [1.82, 2.24) is 5.32 Å². The Hall–Kier alpha value is -2.06. The molecule has 3 unspecified atom stereocenters. The van der Waals surface area contributed by atoms with Crippen molar-refractivity contribution in [3.8, 4) is 0 Å². The number of amides is 1. The van der Waals surface area contributed by atoms with Gasteiger partial charge in [0, 0.05) is 6.42 Å². The molecule has 0 saturated heterocycles. The van der Waals surface area contributed by atoms with Gasteiger partial charge in [0.15, 0.2) is 0 Å². The number of rotatable bonds is 29. The van der Waals surface area contributed by atoms with Gasteiger partial charge in [0.1, 0.15) is 13.2 Å². The molecule has 3 atom stereocenters. The first-order chi connectivity index (χ1) is 22.0. The lowest BCUT2D eigenvalue weighted by Crippen LogP contribution is -2.45. The van der Waals surface area contributed by atoms with Crippen molar-refractivity contribution < 1.29 is 32.9 Å². The van der Waals surface area contributed by atoms with Gasteiger partial charge in [-0.05, 0) is 44.9 Å². The first kappa shape index (κ1) is 43.9. The quantitative estimate of drug-likeness (QED) is 0.0320. The highest BCUT2D eigenvalue weighted by atomic mass is 31.2. The number of hydrogen-bond donors (Lipinski definition) is 3. The van der Waals surface area contributed by atoms with E-state index in [9.17, 15) is 19.4 Å². The molecule has 1 amide bonds. The fourth-order valence-electron chi connectivity index (χ4n) is 4.16. The molecule has 0 rings (SSSR count). The van der Waals surface area contributed by atoms with Gasteiger partial charge in [-0.15, -0.1) is 0 Å². The zero-order valence-corrected chi connectivity index (χ0v) is 30.4. The van der Waals surface area contributed by atoms with Crippen LogP contribution in [0.1, 0.15) is 104 Å². The second-order valence-electron chi connectivity index (χ2n) is 12.5. The zero-order chi connectivity index (χ0) is 34.4. The summed E-state index contributed by atoms with van der Waals surface area (Å²) in [7, 11) is 1.50. The molecule has 46 heavy (non-hydrogen) atoms. The van der Waals surface area contributed by atoms with Gasteiger partial charge in [0.05, 0.1) is 39.9 Å². The molecule has 264 valence electrons. The van der Waals surface area contributed by atoms with Gasteiger partial charge in [0.25, 0.3) is 0 Å². The molecule has 0 bridgehead atoms. The second-order valence-corrected chi connectivity index (χ2v) is 14.0. The third-order valence-corrected chi connectivity index (χ3v) is 7.95. The van der Waals surface area contributed by atoms with Crippen LogP contribution >= 0.6 is 7.82 Å². The minimum atomic E-state index is -4.35. The van der Waals surface area contributed by atoms with Crippen molar-refractivity contribution >= 4 is 13.7 Å². The van der Waals surface area contributed by atoms with Crippen LogP contribution in [0.15, 0.2) is 72.9 Å². The first-order valence-corrected chi connectivity index (χ1v) is 18.8. The van der Waals surface area contributed by atoms with Crippen LogP contribution in [0.2, 0.25) is 0 Å². The number of aliphatic hydroxyl groups excluding tert-OH is 1. The smallest absolute Gasteiger partial charge is 0.387 e. The Balaban J connectivity index is 4.76. The summed E-state index contributed by atoms with van der Waals surface area (Å²) in [5.41, 5.74) is 0. The Bertz CT molecular complexity index is 981. The molecule has 8 nitrogen and oxygen atoms in total. The van der Waals surface area contributed by atoms with Gasteiger partial charge in [-0.25, -0.2) is 4.57 Å². The molecule has 9 heteroatoms. The van der Waals surface area contributed by atoms with Gasteiger partial charge in [-0.1, -0.05) is 125 Å². The number of phosphoric ester groups is 1. The number of aliphatic hydroxyl groups is 1. The molecule has 0 radical (unpaired) electrons. The molecule has 3 N–H and O–H groups in total. The fourth-order valence-corrected chi connectivity index (χ4v) is 4.90. The van der Waals surface area contributed by atoms with E-state index in [1.165, 1.54) is 32.1 Å². The molecule has 0 aliphatic rings. The van der Waals surface area contributed by atoms with Crippen LogP contribution in [-0.4, -0.2) is 73.4 Å². The third kappa shape index (κ3) is 30.6. The Morgan fingerprint density at radius 1 is 0.761 bits per heavy atom. The normalized spacial score (nSPS) is 15.7. The van der Waals surface area contributed by atoms with Crippen molar-refractivity contribution in [1.29, 1.82) is 0 Å². The number of nitrogens with one attached hydrogen (secondary N) is 1. The van der Waals surface area contributed by atoms with Crippen LogP contribution in [0.5, 0.6) is 0 Å². The number of unbranched alkanes of at least 4 members (excludes halogenated alkanes) is 7. The van der Waals surface area contributed by atoms with Crippen LogP contribution in [-0.2, 0) is 18.4 Å². The molecule has 0 aromatic carbocycles. The van der Waals surface area contributed by atoms with Crippen molar-refractivity contribution in [2.24, 2.45) is 0 Å². The number of hydrogen-bond acceptors (Lipinski definition) is 5. The van der Waals surface area contributed by atoms with Crippen LogP contribution in [0, 0.1) is 0 Å². The standard InChI is InChI=1S/C37H65N2O6P/c1-6-8-10-12-14-16-17-18-19-20-21-23-25-27-29-31-37(41)38-35(34-45-46(42,43)44-33-32-39(3,4)5)36(40)30-28-26-24-22-15-13-11-9-7-2/h8,10,14,16,18-19,21,23,27-30,35-36,40H,6-7,9,11-13,15,17,20,22,24-26,31-34H2,1-5H3,(H-,38,41,42,43)/p+1/b10-8-,16-14-,19-18-,23-21-,29-27-,30-28+. The average Bonchev–Trinajstić information content (AvgIpc) is 2.99. The maximum Gasteiger partial charge on any atom is 0.472 e. The molecule has 0 aliphatic carbocycles. The van der Waals surface area contributed by atoms with E-state index in [2.05, 4.69) is 67.8 Å². The van der Waals surface area contributed by atoms with E-state index in [-0.39, 0.29) is 25.5 Å². The first-order valence-electron chi connectivity index (χ1n) is 17.3. The molecule has 0 aliphatic heterocycles. The molecule has 0 heterocycles. The summed E-state index contributed by atoms with van der Waals surface area (Å²) < 4.78 is 23.3. The van der Waals surface area contributed by atoms with E-state index in [1.807, 2.05) is 33.3 Å². The maximum absolute atomic E-state index is 12.7. The Morgan fingerprint density at radius 2 is 1.28 bits per heavy atom. The van der Waals surface area contributed by atoms with Crippen LogP contribution in [0.3, 0.4) is 0 Å².